The first-order valence-corrected chi connectivity index (χ1v) is 8.11. The lowest BCUT2D eigenvalue weighted by Gasteiger charge is -2.27. The molecule has 1 aromatic heterocycles. The number of hydrogen-bond acceptors (Lipinski definition) is 5. The summed E-state index contributed by atoms with van der Waals surface area (Å²) in [4.78, 5) is 19.6. The number of aromatic nitrogens is 1. The van der Waals surface area contributed by atoms with Crippen molar-refractivity contribution in [1.29, 1.82) is 0 Å². The average Bonchev–Trinajstić information content (AvgIpc) is 2.91. The smallest absolute Gasteiger partial charge is 0.268 e. The molecule has 1 aliphatic heterocycles. The van der Waals surface area contributed by atoms with E-state index in [1.807, 2.05) is 18.7 Å². The number of nitrogens with one attached hydrogen (secondary N) is 1. The van der Waals surface area contributed by atoms with E-state index in [0.717, 1.165) is 24.4 Å². The van der Waals surface area contributed by atoms with E-state index in [4.69, 9.17) is 5.73 Å². The number of nitrogens with two attached hydrogens (primary N) is 1. The fraction of sp³-hybridized carbons (Fsp3) is 0.714. The molecule has 3 N–H and O–H groups in total. The zero-order valence-corrected chi connectivity index (χ0v) is 13.5. The highest BCUT2D eigenvalue weighted by Crippen LogP contribution is 2.32. The highest BCUT2D eigenvalue weighted by molar-refractivity contribution is 7.18. The third-order valence-electron chi connectivity index (χ3n) is 3.75. The molecular formula is C14H24N4OS. The quantitative estimate of drug-likeness (QED) is 0.896. The van der Waals surface area contributed by atoms with Crippen molar-refractivity contribution in [3.63, 3.8) is 0 Å². The molecule has 5 nitrogen and oxygen atoms in total. The number of anilines is 2. The van der Waals surface area contributed by atoms with Crippen molar-refractivity contribution in [1.82, 2.24) is 9.88 Å². The van der Waals surface area contributed by atoms with Crippen LogP contribution in [0.5, 0.6) is 0 Å². The third-order valence-corrected chi connectivity index (χ3v) is 4.74. The Morgan fingerprint density at radius 1 is 1.55 bits per heavy atom. The van der Waals surface area contributed by atoms with Gasteiger partial charge in [0.15, 0.2) is 5.13 Å². The number of nitrogens with zero attached hydrogens (tertiary/aromatic N) is 2. The van der Waals surface area contributed by atoms with Crippen molar-refractivity contribution in [2.24, 2.45) is 0 Å². The van der Waals surface area contributed by atoms with Crippen LogP contribution in [0.1, 0.15) is 56.6 Å². The summed E-state index contributed by atoms with van der Waals surface area (Å²) in [6, 6.07) is 0.897. The molecule has 0 spiro atoms. The minimum absolute atomic E-state index is 0.0358. The molecule has 1 saturated heterocycles. The van der Waals surface area contributed by atoms with Crippen LogP contribution in [0.2, 0.25) is 0 Å². The molecule has 1 aromatic rings. The summed E-state index contributed by atoms with van der Waals surface area (Å²) in [5.74, 6) is 0.380. The Kier molecular flexibility index (Phi) is 4.52. The van der Waals surface area contributed by atoms with Crippen LogP contribution in [0.25, 0.3) is 0 Å². The van der Waals surface area contributed by atoms with Crippen molar-refractivity contribution in [2.75, 3.05) is 11.1 Å². The number of thiazole rings is 1. The fourth-order valence-corrected chi connectivity index (χ4v) is 3.72. The second-order valence-electron chi connectivity index (χ2n) is 5.73. The number of likely N-dealkylation sites (tertiary alicyclic amines) is 1. The molecule has 2 unspecified atom stereocenters. The third kappa shape index (κ3) is 2.90. The zero-order chi connectivity index (χ0) is 14.9. The number of rotatable bonds is 4. The van der Waals surface area contributed by atoms with Gasteiger partial charge in [0.1, 0.15) is 10.7 Å². The number of amides is 1. The van der Waals surface area contributed by atoms with E-state index < -0.39 is 0 Å². The molecule has 6 heteroatoms. The average molecular weight is 296 g/mol. The van der Waals surface area contributed by atoms with Crippen LogP contribution in [-0.4, -0.2) is 33.9 Å². The van der Waals surface area contributed by atoms with Crippen LogP contribution in [0.15, 0.2) is 0 Å². The molecule has 2 rings (SSSR count). The maximum Gasteiger partial charge on any atom is 0.268 e. The zero-order valence-electron chi connectivity index (χ0n) is 12.6. The Hall–Kier alpha value is -1.30. The van der Waals surface area contributed by atoms with Gasteiger partial charge in [-0.25, -0.2) is 4.98 Å². The molecule has 0 bridgehead atoms. The van der Waals surface area contributed by atoms with Gasteiger partial charge in [-0.05, 0) is 40.0 Å². The molecular weight excluding hydrogens is 272 g/mol. The molecule has 1 amide bonds. The molecule has 2 atom stereocenters. The Morgan fingerprint density at radius 3 is 2.85 bits per heavy atom. The molecule has 112 valence electrons. The molecule has 1 aliphatic rings. The summed E-state index contributed by atoms with van der Waals surface area (Å²) >= 11 is 1.36. The number of hydrogen-bond donors (Lipinski definition) is 2. The first kappa shape index (κ1) is 15.1. The van der Waals surface area contributed by atoms with E-state index >= 15 is 0 Å². The van der Waals surface area contributed by atoms with Crippen molar-refractivity contribution < 1.29 is 4.79 Å². The van der Waals surface area contributed by atoms with Crippen LogP contribution < -0.4 is 11.1 Å². The summed E-state index contributed by atoms with van der Waals surface area (Å²) < 4.78 is 0. The monoisotopic (exact) mass is 296 g/mol. The SMILES string of the molecule is CCC1CCC(C)N1C(=O)c1sc(NC(C)C)nc1N. The second kappa shape index (κ2) is 5.99. The van der Waals surface area contributed by atoms with Crippen molar-refractivity contribution in [3.8, 4) is 0 Å². The van der Waals surface area contributed by atoms with E-state index in [2.05, 4.69) is 24.1 Å². The molecule has 0 saturated carbocycles. The second-order valence-corrected chi connectivity index (χ2v) is 6.73. The largest absolute Gasteiger partial charge is 0.382 e. The lowest BCUT2D eigenvalue weighted by Crippen LogP contribution is -2.39. The van der Waals surface area contributed by atoms with E-state index in [1.165, 1.54) is 11.3 Å². The minimum Gasteiger partial charge on any atom is -0.382 e. The van der Waals surface area contributed by atoms with Gasteiger partial charge in [-0.15, -0.1) is 0 Å². The molecule has 0 radical (unpaired) electrons. The van der Waals surface area contributed by atoms with E-state index in [0.29, 0.717) is 16.7 Å². The Labute approximate surface area is 124 Å². The van der Waals surface area contributed by atoms with E-state index in [1.54, 1.807) is 0 Å². The van der Waals surface area contributed by atoms with Gasteiger partial charge in [0.05, 0.1) is 0 Å². The molecule has 0 aliphatic carbocycles. The lowest BCUT2D eigenvalue weighted by molar-refractivity contribution is 0.0682. The van der Waals surface area contributed by atoms with Crippen molar-refractivity contribution >= 4 is 28.2 Å². The van der Waals surface area contributed by atoms with Gasteiger partial charge in [-0.1, -0.05) is 18.3 Å². The van der Waals surface area contributed by atoms with Gasteiger partial charge in [0, 0.05) is 18.1 Å². The Bertz CT molecular complexity index is 486. The van der Waals surface area contributed by atoms with Gasteiger partial charge >= 0.3 is 0 Å². The lowest BCUT2D eigenvalue weighted by atomic mass is 10.1. The fourth-order valence-electron chi connectivity index (χ4n) is 2.75. The highest BCUT2D eigenvalue weighted by atomic mass is 32.1. The summed E-state index contributed by atoms with van der Waals surface area (Å²) in [6.45, 7) is 8.31. The molecule has 0 aromatic carbocycles. The van der Waals surface area contributed by atoms with Crippen LogP contribution in [0, 0.1) is 0 Å². The van der Waals surface area contributed by atoms with Crippen LogP contribution in [0.3, 0.4) is 0 Å². The van der Waals surface area contributed by atoms with Gasteiger partial charge in [-0.3, -0.25) is 4.79 Å². The number of carbonyl (C=O) groups is 1. The van der Waals surface area contributed by atoms with Gasteiger partial charge in [0.2, 0.25) is 0 Å². The highest BCUT2D eigenvalue weighted by Gasteiger charge is 2.35. The summed E-state index contributed by atoms with van der Waals surface area (Å²) in [6.07, 6.45) is 3.14. The van der Waals surface area contributed by atoms with Crippen LogP contribution in [-0.2, 0) is 0 Å². The first-order chi connectivity index (χ1) is 9.43. The molecule has 1 fully saturated rings. The Morgan fingerprint density at radius 2 is 2.25 bits per heavy atom. The van der Waals surface area contributed by atoms with Crippen molar-refractivity contribution in [3.05, 3.63) is 4.88 Å². The maximum absolute atomic E-state index is 12.7. The van der Waals surface area contributed by atoms with Crippen LogP contribution >= 0.6 is 11.3 Å². The number of nitrogen functional groups attached to an aromatic ring is 1. The summed E-state index contributed by atoms with van der Waals surface area (Å²) in [7, 11) is 0. The molecule has 20 heavy (non-hydrogen) atoms. The maximum atomic E-state index is 12.7. The molecule has 2 heterocycles. The van der Waals surface area contributed by atoms with Crippen molar-refractivity contribution in [2.45, 2.75) is 65.1 Å². The number of carbonyl (C=O) groups excluding carboxylic acids is 1. The standard InChI is InChI=1S/C14H24N4OS/c1-5-10-7-6-9(4)18(10)13(19)11-12(15)17-14(20-11)16-8(2)3/h8-10H,5-7,15H2,1-4H3,(H,16,17). The van der Waals surface area contributed by atoms with E-state index in [-0.39, 0.29) is 18.0 Å². The predicted octanol–water partition coefficient (Wildman–Crippen LogP) is 2.95. The van der Waals surface area contributed by atoms with Gasteiger partial charge in [-0.2, -0.15) is 0 Å². The topological polar surface area (TPSA) is 71.2 Å². The summed E-state index contributed by atoms with van der Waals surface area (Å²) in [5, 5.41) is 3.93. The van der Waals surface area contributed by atoms with Crippen LogP contribution in [0.4, 0.5) is 10.9 Å². The normalized spacial score (nSPS) is 22.6. The van der Waals surface area contributed by atoms with Gasteiger partial charge in [0.25, 0.3) is 5.91 Å². The predicted molar refractivity (Wildman–Crippen MR) is 84.2 cm³/mol. The minimum atomic E-state index is 0.0358. The Balaban J connectivity index is 2.22. The first-order valence-electron chi connectivity index (χ1n) is 7.29. The van der Waals surface area contributed by atoms with Gasteiger partial charge < -0.3 is 16.0 Å². The van der Waals surface area contributed by atoms with E-state index in [9.17, 15) is 4.79 Å². The summed E-state index contributed by atoms with van der Waals surface area (Å²) in [5.41, 5.74) is 5.93.